The lowest BCUT2D eigenvalue weighted by molar-refractivity contribution is -0.122. The van der Waals surface area contributed by atoms with Crippen LogP contribution in [0.1, 0.15) is 17.5 Å². The predicted molar refractivity (Wildman–Crippen MR) is 112 cm³/mol. The van der Waals surface area contributed by atoms with E-state index in [9.17, 15) is 9.59 Å². The molecule has 3 rings (SSSR count). The first-order valence-electron chi connectivity index (χ1n) is 8.62. The van der Waals surface area contributed by atoms with Crippen molar-refractivity contribution in [3.05, 3.63) is 59.7 Å². The van der Waals surface area contributed by atoms with Crippen molar-refractivity contribution in [1.29, 1.82) is 0 Å². The van der Waals surface area contributed by atoms with Gasteiger partial charge in [0.1, 0.15) is 11.0 Å². The maximum absolute atomic E-state index is 12.2. The second-order valence-electron chi connectivity index (χ2n) is 6.14. The fourth-order valence-corrected chi connectivity index (χ4v) is 3.45. The molecular weight excluding hydrogens is 376 g/mol. The van der Waals surface area contributed by atoms with E-state index in [0.29, 0.717) is 10.9 Å². The number of benzene rings is 2. The van der Waals surface area contributed by atoms with Crippen molar-refractivity contribution in [2.24, 2.45) is 10.2 Å². The van der Waals surface area contributed by atoms with Crippen molar-refractivity contribution in [2.45, 2.75) is 18.6 Å². The highest BCUT2D eigenvalue weighted by Gasteiger charge is 2.32. The molecule has 1 aliphatic heterocycles. The lowest BCUT2D eigenvalue weighted by Gasteiger charge is -2.07. The first kappa shape index (κ1) is 19.6. The second kappa shape index (κ2) is 9.18. The Kier molecular flexibility index (Phi) is 6.44. The van der Waals surface area contributed by atoms with E-state index in [2.05, 4.69) is 20.8 Å². The Balaban J connectivity index is 1.54. The maximum atomic E-state index is 12.2. The number of aryl methyl sites for hydroxylation is 1. The van der Waals surface area contributed by atoms with Crippen molar-refractivity contribution in [1.82, 2.24) is 5.32 Å². The van der Waals surface area contributed by atoms with Gasteiger partial charge in [-0.3, -0.25) is 9.59 Å². The number of methoxy groups -OCH3 is 1. The molecule has 0 bridgehead atoms. The molecule has 1 heterocycles. The van der Waals surface area contributed by atoms with Gasteiger partial charge in [-0.05, 0) is 54.4 Å². The minimum atomic E-state index is -0.528. The number of amidine groups is 1. The van der Waals surface area contributed by atoms with Crippen molar-refractivity contribution in [3.8, 4) is 5.75 Å². The third-order valence-electron chi connectivity index (χ3n) is 3.92. The molecule has 0 aromatic heterocycles. The average molecular weight is 396 g/mol. The summed E-state index contributed by atoms with van der Waals surface area (Å²) in [5.74, 6) is 0.290. The Morgan fingerprint density at radius 3 is 2.79 bits per heavy atom. The van der Waals surface area contributed by atoms with Gasteiger partial charge in [-0.2, -0.15) is 5.10 Å². The van der Waals surface area contributed by atoms with E-state index in [4.69, 9.17) is 4.74 Å². The van der Waals surface area contributed by atoms with Crippen LogP contribution in [-0.2, 0) is 9.59 Å². The minimum absolute atomic E-state index is 0.0612. The molecule has 1 aliphatic rings. The largest absolute Gasteiger partial charge is 0.497 e. The Hall–Kier alpha value is -3.13. The van der Waals surface area contributed by atoms with Crippen LogP contribution in [-0.4, -0.2) is 35.6 Å². The van der Waals surface area contributed by atoms with Gasteiger partial charge >= 0.3 is 0 Å². The van der Waals surface area contributed by atoms with Crippen molar-refractivity contribution < 1.29 is 14.3 Å². The molecule has 0 spiro atoms. The van der Waals surface area contributed by atoms with Gasteiger partial charge in [0.15, 0.2) is 5.17 Å². The van der Waals surface area contributed by atoms with Crippen LogP contribution in [0.25, 0.3) is 0 Å². The van der Waals surface area contributed by atoms with Gasteiger partial charge in [-0.25, -0.2) is 0 Å². The topological polar surface area (TPSA) is 92.2 Å². The van der Waals surface area contributed by atoms with E-state index in [0.717, 1.165) is 16.9 Å². The van der Waals surface area contributed by atoms with Crippen LogP contribution in [0.3, 0.4) is 0 Å². The summed E-state index contributed by atoms with van der Waals surface area (Å²) in [4.78, 5) is 24.3. The number of amides is 2. The standard InChI is InChI=1S/C20H20N4O3S/c1-13-4-3-5-15(10-13)22-18(25)11-17-19(26)23-20(28-17)24-21-12-14-6-8-16(27-2)9-7-14/h3-10,12,17H,11H2,1-2H3,(H,22,25)(H,23,24,26)/b21-12+. The SMILES string of the molecule is COc1ccc(/C=N/N=C2\NC(=O)C(CC(=O)Nc3cccc(C)c3)S2)cc1. The van der Waals surface area contributed by atoms with Crippen LogP contribution in [0.5, 0.6) is 5.75 Å². The Morgan fingerprint density at radius 2 is 2.07 bits per heavy atom. The highest BCUT2D eigenvalue weighted by molar-refractivity contribution is 8.15. The summed E-state index contributed by atoms with van der Waals surface area (Å²) >= 11 is 1.20. The molecule has 0 aliphatic carbocycles. The fraction of sp³-hybridized carbons (Fsp3) is 0.200. The summed E-state index contributed by atoms with van der Waals surface area (Å²) in [7, 11) is 1.60. The number of hydrogen-bond donors (Lipinski definition) is 2. The van der Waals surface area contributed by atoms with E-state index in [1.807, 2.05) is 55.5 Å². The molecule has 1 atom stereocenters. The van der Waals surface area contributed by atoms with Crippen molar-refractivity contribution in [3.63, 3.8) is 0 Å². The van der Waals surface area contributed by atoms with Crippen LogP contribution in [0.15, 0.2) is 58.7 Å². The molecule has 1 saturated heterocycles. The number of ether oxygens (including phenoxy) is 1. The highest BCUT2D eigenvalue weighted by Crippen LogP contribution is 2.23. The van der Waals surface area contributed by atoms with Crippen molar-refractivity contribution in [2.75, 3.05) is 12.4 Å². The smallest absolute Gasteiger partial charge is 0.240 e. The maximum Gasteiger partial charge on any atom is 0.240 e. The molecular formula is C20H20N4O3S. The summed E-state index contributed by atoms with van der Waals surface area (Å²) in [6.07, 6.45) is 1.64. The lowest BCUT2D eigenvalue weighted by Crippen LogP contribution is -2.28. The molecule has 7 nitrogen and oxygen atoms in total. The molecule has 1 fully saturated rings. The van der Waals surface area contributed by atoms with Gasteiger partial charge in [-0.15, -0.1) is 5.10 Å². The molecule has 2 aromatic carbocycles. The normalized spacial score (nSPS) is 17.7. The molecule has 0 radical (unpaired) electrons. The molecule has 28 heavy (non-hydrogen) atoms. The highest BCUT2D eigenvalue weighted by atomic mass is 32.2. The zero-order valence-corrected chi connectivity index (χ0v) is 16.3. The summed E-state index contributed by atoms with van der Waals surface area (Å²) < 4.78 is 5.10. The summed E-state index contributed by atoms with van der Waals surface area (Å²) in [5, 5.41) is 13.3. The number of carbonyl (C=O) groups is 2. The zero-order valence-electron chi connectivity index (χ0n) is 15.5. The molecule has 2 aromatic rings. The number of anilines is 1. The van der Waals surface area contributed by atoms with Crippen LogP contribution < -0.4 is 15.4 Å². The van der Waals surface area contributed by atoms with Crippen LogP contribution >= 0.6 is 11.8 Å². The monoisotopic (exact) mass is 396 g/mol. The molecule has 1 unspecified atom stereocenters. The van der Waals surface area contributed by atoms with Gasteiger partial charge in [0.05, 0.1) is 13.3 Å². The first-order chi connectivity index (χ1) is 13.5. The van der Waals surface area contributed by atoms with Crippen LogP contribution in [0.4, 0.5) is 5.69 Å². The number of hydrogen-bond acceptors (Lipinski definition) is 6. The van der Waals surface area contributed by atoms with E-state index in [-0.39, 0.29) is 18.2 Å². The number of nitrogens with one attached hydrogen (secondary N) is 2. The number of rotatable bonds is 6. The van der Waals surface area contributed by atoms with E-state index < -0.39 is 5.25 Å². The van der Waals surface area contributed by atoms with Gasteiger partial charge in [0.2, 0.25) is 11.8 Å². The van der Waals surface area contributed by atoms with E-state index in [1.165, 1.54) is 11.8 Å². The lowest BCUT2D eigenvalue weighted by atomic mass is 10.2. The number of thioether (sulfide) groups is 1. The Morgan fingerprint density at radius 1 is 1.29 bits per heavy atom. The molecule has 144 valence electrons. The van der Waals surface area contributed by atoms with Gasteiger partial charge < -0.3 is 15.4 Å². The number of carbonyl (C=O) groups excluding carboxylic acids is 2. The van der Waals surface area contributed by atoms with Gasteiger partial charge in [0.25, 0.3) is 0 Å². The average Bonchev–Trinajstić information content (AvgIpc) is 3.01. The van der Waals surface area contributed by atoms with Crippen LogP contribution in [0.2, 0.25) is 0 Å². The van der Waals surface area contributed by atoms with E-state index >= 15 is 0 Å². The summed E-state index contributed by atoms with van der Waals surface area (Å²) in [6.45, 7) is 1.95. The molecule has 2 N–H and O–H groups in total. The van der Waals surface area contributed by atoms with Gasteiger partial charge in [-0.1, -0.05) is 23.9 Å². The van der Waals surface area contributed by atoms with Crippen molar-refractivity contribution >= 4 is 40.6 Å². The molecule has 8 heteroatoms. The zero-order chi connectivity index (χ0) is 19.9. The molecule has 2 amide bonds. The quantitative estimate of drug-likeness (QED) is 0.580. The Bertz CT molecular complexity index is 925. The van der Waals surface area contributed by atoms with Gasteiger partial charge in [0, 0.05) is 12.1 Å². The first-order valence-corrected chi connectivity index (χ1v) is 9.50. The summed E-state index contributed by atoms with van der Waals surface area (Å²) in [5.41, 5.74) is 2.62. The third-order valence-corrected chi connectivity index (χ3v) is 4.99. The second-order valence-corrected chi connectivity index (χ2v) is 7.33. The minimum Gasteiger partial charge on any atom is -0.497 e. The predicted octanol–water partition coefficient (Wildman–Crippen LogP) is 2.95. The van der Waals surface area contributed by atoms with E-state index in [1.54, 1.807) is 13.3 Å². The molecule has 0 saturated carbocycles. The summed E-state index contributed by atoms with van der Waals surface area (Å²) in [6, 6.07) is 14.8. The van der Waals surface area contributed by atoms with Crippen LogP contribution in [0, 0.1) is 6.92 Å². The Labute approximate surface area is 167 Å². The third kappa shape index (κ3) is 5.43. The fourth-order valence-electron chi connectivity index (χ4n) is 2.53. The number of nitrogens with zero attached hydrogens (tertiary/aromatic N) is 2.